The monoisotopic (exact) mass is 399 g/mol. The molecule has 8 heteroatoms. The van der Waals surface area contributed by atoms with Crippen molar-refractivity contribution in [1.82, 2.24) is 9.55 Å². The molecule has 4 heterocycles. The Bertz CT molecular complexity index is 1050. The fraction of sp³-hybridized carbons (Fsp3) is 0.524. The SMILES string of the molecule is O=c1nc(OCc2cc(F)c3c(c2)OCCC2(CC2)O3)cc2n1C[C@@H]1CCCN21. The van der Waals surface area contributed by atoms with Crippen LogP contribution in [-0.4, -0.2) is 34.3 Å². The van der Waals surface area contributed by atoms with Gasteiger partial charge in [-0.25, -0.2) is 9.18 Å². The van der Waals surface area contributed by atoms with Gasteiger partial charge in [-0.1, -0.05) is 0 Å². The normalized spacial score (nSPS) is 22.9. The van der Waals surface area contributed by atoms with Crippen LogP contribution in [0.25, 0.3) is 0 Å². The molecule has 0 unspecified atom stereocenters. The molecule has 152 valence electrons. The van der Waals surface area contributed by atoms with Crippen LogP contribution < -0.4 is 24.8 Å². The Labute approximate surface area is 167 Å². The summed E-state index contributed by atoms with van der Waals surface area (Å²) in [5.74, 6) is 1.28. The third-order valence-electron chi connectivity index (χ3n) is 6.43. The number of hydrogen-bond acceptors (Lipinski definition) is 6. The van der Waals surface area contributed by atoms with Gasteiger partial charge in [-0.3, -0.25) is 4.57 Å². The zero-order valence-corrected chi connectivity index (χ0v) is 16.0. The zero-order chi connectivity index (χ0) is 19.6. The molecule has 3 aliphatic heterocycles. The van der Waals surface area contributed by atoms with Gasteiger partial charge in [0.25, 0.3) is 0 Å². The van der Waals surface area contributed by atoms with Gasteiger partial charge >= 0.3 is 5.69 Å². The van der Waals surface area contributed by atoms with Crippen molar-refractivity contribution < 1.29 is 18.6 Å². The summed E-state index contributed by atoms with van der Waals surface area (Å²) in [7, 11) is 0. The highest BCUT2D eigenvalue weighted by molar-refractivity contribution is 5.48. The molecule has 2 aromatic rings. The Morgan fingerprint density at radius 3 is 3.03 bits per heavy atom. The van der Waals surface area contributed by atoms with Crippen LogP contribution in [0.1, 0.15) is 37.7 Å². The van der Waals surface area contributed by atoms with Crippen LogP contribution in [0.5, 0.6) is 17.4 Å². The van der Waals surface area contributed by atoms with Crippen molar-refractivity contribution >= 4 is 5.82 Å². The number of anilines is 1. The number of halogens is 1. The molecule has 1 spiro atoms. The molecule has 29 heavy (non-hydrogen) atoms. The first-order chi connectivity index (χ1) is 14.1. The summed E-state index contributed by atoms with van der Waals surface area (Å²) in [5, 5.41) is 0. The van der Waals surface area contributed by atoms with Crippen LogP contribution in [0.3, 0.4) is 0 Å². The summed E-state index contributed by atoms with van der Waals surface area (Å²) in [6.07, 6.45) is 4.88. The Hall–Kier alpha value is -2.77. The van der Waals surface area contributed by atoms with Gasteiger partial charge in [0.05, 0.1) is 6.61 Å². The number of benzene rings is 1. The third kappa shape index (κ3) is 2.84. The highest BCUT2D eigenvalue weighted by Crippen LogP contribution is 2.48. The molecule has 7 nitrogen and oxygen atoms in total. The molecule has 1 aliphatic carbocycles. The molecular formula is C21H22FN3O4. The molecule has 0 amide bonds. The zero-order valence-electron chi connectivity index (χ0n) is 16.0. The maximum Gasteiger partial charge on any atom is 0.352 e. The number of ether oxygens (including phenoxy) is 3. The molecule has 1 atom stereocenters. The van der Waals surface area contributed by atoms with Crippen LogP contribution in [0.2, 0.25) is 0 Å². The van der Waals surface area contributed by atoms with Crippen molar-refractivity contribution in [3.8, 4) is 17.4 Å². The molecule has 0 bridgehead atoms. The van der Waals surface area contributed by atoms with Gasteiger partial charge in [0.15, 0.2) is 17.3 Å². The van der Waals surface area contributed by atoms with E-state index in [4.69, 9.17) is 14.2 Å². The van der Waals surface area contributed by atoms with Gasteiger partial charge in [0.2, 0.25) is 5.88 Å². The molecule has 1 saturated carbocycles. The van der Waals surface area contributed by atoms with Gasteiger partial charge in [-0.2, -0.15) is 4.98 Å². The van der Waals surface area contributed by atoms with Crippen LogP contribution in [-0.2, 0) is 13.2 Å². The topological polar surface area (TPSA) is 65.8 Å². The second-order valence-electron chi connectivity index (χ2n) is 8.41. The smallest absolute Gasteiger partial charge is 0.352 e. The number of fused-ring (bicyclic) bond motifs is 4. The van der Waals surface area contributed by atoms with E-state index in [1.54, 1.807) is 10.6 Å². The van der Waals surface area contributed by atoms with Crippen molar-refractivity contribution in [2.45, 2.75) is 56.9 Å². The van der Waals surface area contributed by atoms with Gasteiger partial charge in [-0.15, -0.1) is 0 Å². The quantitative estimate of drug-likeness (QED) is 0.791. The lowest BCUT2D eigenvalue weighted by Crippen LogP contribution is -2.24. The molecule has 2 fully saturated rings. The van der Waals surface area contributed by atoms with Crippen LogP contribution >= 0.6 is 0 Å². The highest BCUT2D eigenvalue weighted by atomic mass is 19.1. The predicted octanol–water partition coefficient (Wildman–Crippen LogP) is 2.64. The first-order valence-corrected chi connectivity index (χ1v) is 10.3. The number of nitrogens with zero attached hydrogens (tertiary/aromatic N) is 3. The molecule has 1 saturated heterocycles. The van der Waals surface area contributed by atoms with Gasteiger partial charge in [-0.05, 0) is 43.4 Å². The Morgan fingerprint density at radius 1 is 1.28 bits per heavy atom. The Kier molecular flexibility index (Phi) is 3.61. The minimum Gasteiger partial charge on any atom is -0.489 e. The molecule has 0 N–H and O–H groups in total. The summed E-state index contributed by atoms with van der Waals surface area (Å²) < 4.78 is 33.8. The average Bonchev–Trinajstić information content (AvgIpc) is 3.21. The van der Waals surface area contributed by atoms with Crippen LogP contribution in [0.15, 0.2) is 23.0 Å². The fourth-order valence-electron chi connectivity index (χ4n) is 4.67. The highest BCUT2D eigenvalue weighted by Gasteiger charge is 2.47. The van der Waals surface area contributed by atoms with E-state index >= 15 is 0 Å². The first kappa shape index (κ1) is 17.1. The second-order valence-corrected chi connectivity index (χ2v) is 8.41. The predicted molar refractivity (Wildman–Crippen MR) is 102 cm³/mol. The molecule has 1 aromatic carbocycles. The largest absolute Gasteiger partial charge is 0.489 e. The lowest BCUT2D eigenvalue weighted by atomic mass is 10.2. The van der Waals surface area contributed by atoms with Crippen molar-refractivity contribution in [2.75, 3.05) is 18.1 Å². The maximum atomic E-state index is 14.7. The minimum atomic E-state index is -0.448. The lowest BCUT2D eigenvalue weighted by Gasteiger charge is -2.17. The Balaban J connectivity index is 1.24. The van der Waals surface area contributed by atoms with E-state index in [-0.39, 0.29) is 29.5 Å². The van der Waals surface area contributed by atoms with Crippen molar-refractivity contribution in [3.05, 3.63) is 40.1 Å². The van der Waals surface area contributed by atoms with Gasteiger partial charge in [0.1, 0.15) is 18.0 Å². The summed E-state index contributed by atoms with van der Waals surface area (Å²) in [4.78, 5) is 18.7. The number of aromatic nitrogens is 2. The molecule has 6 rings (SSSR count). The van der Waals surface area contributed by atoms with Gasteiger partial charge in [0, 0.05) is 31.6 Å². The number of rotatable bonds is 3. The molecule has 4 aliphatic rings. The van der Waals surface area contributed by atoms with E-state index in [1.807, 2.05) is 6.07 Å². The van der Waals surface area contributed by atoms with Gasteiger partial charge < -0.3 is 19.1 Å². The van der Waals surface area contributed by atoms with Crippen LogP contribution in [0, 0.1) is 5.82 Å². The minimum absolute atomic E-state index is 0.0953. The summed E-state index contributed by atoms with van der Waals surface area (Å²) in [6.45, 7) is 2.24. The van der Waals surface area contributed by atoms with E-state index in [0.717, 1.165) is 44.5 Å². The summed E-state index contributed by atoms with van der Waals surface area (Å²) in [6, 6.07) is 5.34. The molecule has 1 aromatic heterocycles. The van der Waals surface area contributed by atoms with Crippen molar-refractivity contribution in [2.24, 2.45) is 0 Å². The van der Waals surface area contributed by atoms with E-state index in [1.165, 1.54) is 6.07 Å². The van der Waals surface area contributed by atoms with Crippen LogP contribution in [0.4, 0.5) is 10.2 Å². The first-order valence-electron chi connectivity index (χ1n) is 10.3. The Morgan fingerprint density at radius 2 is 2.17 bits per heavy atom. The second kappa shape index (κ2) is 6.11. The molecular weight excluding hydrogens is 377 g/mol. The third-order valence-corrected chi connectivity index (χ3v) is 6.43. The van der Waals surface area contributed by atoms with Crippen molar-refractivity contribution in [3.63, 3.8) is 0 Å². The van der Waals surface area contributed by atoms with Crippen molar-refractivity contribution in [1.29, 1.82) is 0 Å². The lowest BCUT2D eigenvalue weighted by molar-refractivity contribution is 0.163. The standard InChI is InChI=1S/C21H22FN3O4/c22-15-8-13(9-16-19(15)29-21(3-4-21)5-7-27-16)12-28-17-10-18-24-6-1-2-14(24)11-25(18)20(26)23-17/h8-10,14H,1-7,11-12H2/t14-/m0/s1. The summed E-state index contributed by atoms with van der Waals surface area (Å²) >= 11 is 0. The molecule has 0 radical (unpaired) electrons. The average molecular weight is 399 g/mol. The fourth-order valence-corrected chi connectivity index (χ4v) is 4.67. The van der Waals surface area contributed by atoms with E-state index in [0.29, 0.717) is 30.5 Å². The van der Waals surface area contributed by atoms with E-state index in [9.17, 15) is 9.18 Å². The van der Waals surface area contributed by atoms with E-state index < -0.39 is 5.82 Å². The maximum absolute atomic E-state index is 14.7. The van der Waals surface area contributed by atoms with E-state index in [2.05, 4.69) is 9.88 Å². The summed E-state index contributed by atoms with van der Waals surface area (Å²) in [5.41, 5.74) is 0.0677. The number of hydrogen-bond donors (Lipinski definition) is 0.